The van der Waals surface area contributed by atoms with E-state index < -0.39 is 0 Å². The summed E-state index contributed by atoms with van der Waals surface area (Å²) in [5.74, 6) is 0.615. The minimum Gasteiger partial charge on any atom is -0.481 e. The van der Waals surface area contributed by atoms with Crippen LogP contribution in [0.3, 0.4) is 0 Å². The van der Waals surface area contributed by atoms with Gasteiger partial charge < -0.3 is 10.5 Å². The third kappa shape index (κ3) is 1.84. The van der Waals surface area contributed by atoms with Crippen molar-refractivity contribution < 1.29 is 4.74 Å². The number of nitrogens with zero attached hydrogens (tertiary/aromatic N) is 3. The Morgan fingerprint density at radius 1 is 1.50 bits per heavy atom. The molecule has 2 rings (SSSR count). The number of nitrogens with two attached hydrogens (primary N) is 1. The number of anilines is 1. The third-order valence-electron chi connectivity index (χ3n) is 2.46. The first-order valence-corrected chi connectivity index (χ1v) is 5.01. The molecule has 84 valence electrons. The first kappa shape index (κ1) is 10.5. The van der Waals surface area contributed by atoms with Crippen molar-refractivity contribution in [1.29, 1.82) is 0 Å². The highest BCUT2D eigenvalue weighted by atomic mass is 16.5. The number of hydrogen-bond donors (Lipinski definition) is 1. The molecule has 0 amide bonds. The van der Waals surface area contributed by atoms with Crippen molar-refractivity contribution in [3.05, 3.63) is 36.3 Å². The molecule has 1 atom stereocenters. The zero-order chi connectivity index (χ0) is 11.5. The second kappa shape index (κ2) is 4.22. The lowest BCUT2D eigenvalue weighted by atomic mass is 10.1. The fraction of sp³-hybridized carbons (Fsp3) is 0.273. The molecule has 0 aliphatic heterocycles. The van der Waals surface area contributed by atoms with E-state index in [1.54, 1.807) is 30.4 Å². The molecule has 0 saturated heterocycles. The zero-order valence-corrected chi connectivity index (χ0v) is 9.29. The molecule has 0 fully saturated rings. The van der Waals surface area contributed by atoms with Gasteiger partial charge in [0.1, 0.15) is 0 Å². The highest BCUT2D eigenvalue weighted by Crippen LogP contribution is 2.25. The van der Waals surface area contributed by atoms with Gasteiger partial charge in [0.05, 0.1) is 25.0 Å². The SMILES string of the molecule is COc1ncccc1[C@@H](C)n1cc(N)cn1. The molecule has 0 aliphatic carbocycles. The van der Waals surface area contributed by atoms with Crippen LogP contribution in [-0.2, 0) is 0 Å². The van der Waals surface area contributed by atoms with Crippen LogP contribution in [0.4, 0.5) is 5.69 Å². The van der Waals surface area contributed by atoms with Gasteiger partial charge in [-0.15, -0.1) is 0 Å². The fourth-order valence-electron chi connectivity index (χ4n) is 1.60. The topological polar surface area (TPSA) is 66.0 Å². The van der Waals surface area contributed by atoms with E-state index in [-0.39, 0.29) is 6.04 Å². The van der Waals surface area contributed by atoms with Crippen LogP contribution in [0.25, 0.3) is 0 Å². The first-order chi connectivity index (χ1) is 7.72. The van der Waals surface area contributed by atoms with Gasteiger partial charge in [0.15, 0.2) is 0 Å². The molecule has 0 bridgehead atoms. The molecular formula is C11H14N4O. The summed E-state index contributed by atoms with van der Waals surface area (Å²) in [7, 11) is 1.61. The van der Waals surface area contributed by atoms with Gasteiger partial charge in [0, 0.05) is 18.0 Å². The summed E-state index contributed by atoms with van der Waals surface area (Å²) in [6.07, 6.45) is 5.11. The molecule has 16 heavy (non-hydrogen) atoms. The number of rotatable bonds is 3. The summed E-state index contributed by atoms with van der Waals surface area (Å²) >= 11 is 0. The second-order valence-electron chi connectivity index (χ2n) is 3.53. The van der Waals surface area contributed by atoms with Gasteiger partial charge in [-0.25, -0.2) is 4.98 Å². The minimum absolute atomic E-state index is 0.0425. The summed E-state index contributed by atoms with van der Waals surface area (Å²) in [5, 5.41) is 4.18. The highest BCUT2D eigenvalue weighted by Gasteiger charge is 2.14. The Balaban J connectivity index is 2.36. The highest BCUT2D eigenvalue weighted by molar-refractivity contribution is 5.33. The van der Waals surface area contributed by atoms with Crippen LogP contribution in [0.15, 0.2) is 30.7 Å². The van der Waals surface area contributed by atoms with Crippen LogP contribution in [0.2, 0.25) is 0 Å². The molecule has 2 aromatic rings. The lowest BCUT2D eigenvalue weighted by Gasteiger charge is -2.14. The lowest BCUT2D eigenvalue weighted by Crippen LogP contribution is -2.09. The van der Waals surface area contributed by atoms with Crippen molar-refractivity contribution in [2.75, 3.05) is 12.8 Å². The van der Waals surface area contributed by atoms with E-state index in [9.17, 15) is 0 Å². The largest absolute Gasteiger partial charge is 0.481 e. The fourth-order valence-corrected chi connectivity index (χ4v) is 1.60. The molecular weight excluding hydrogens is 204 g/mol. The van der Waals surface area contributed by atoms with E-state index >= 15 is 0 Å². The average Bonchev–Trinajstić information content (AvgIpc) is 2.75. The van der Waals surface area contributed by atoms with Crippen LogP contribution in [0.5, 0.6) is 5.88 Å². The number of nitrogen functional groups attached to an aromatic ring is 1. The number of hydrogen-bond acceptors (Lipinski definition) is 4. The molecule has 0 aliphatic rings. The van der Waals surface area contributed by atoms with E-state index in [0.29, 0.717) is 11.6 Å². The Labute approximate surface area is 93.9 Å². The van der Waals surface area contributed by atoms with Gasteiger partial charge in [-0.1, -0.05) is 0 Å². The zero-order valence-electron chi connectivity index (χ0n) is 9.29. The van der Waals surface area contributed by atoms with Crippen molar-refractivity contribution in [3.8, 4) is 5.88 Å². The Morgan fingerprint density at radius 3 is 2.94 bits per heavy atom. The van der Waals surface area contributed by atoms with Crippen molar-refractivity contribution in [1.82, 2.24) is 14.8 Å². The Hall–Kier alpha value is -2.04. The molecule has 5 nitrogen and oxygen atoms in total. The summed E-state index contributed by atoms with van der Waals surface area (Å²) in [5.41, 5.74) is 7.26. The standard InChI is InChI=1S/C11H14N4O/c1-8(15-7-9(12)6-14-15)10-4-3-5-13-11(10)16-2/h3-8H,12H2,1-2H3/t8-/m1/s1. The number of pyridine rings is 1. The van der Waals surface area contributed by atoms with Gasteiger partial charge in [0.2, 0.25) is 5.88 Å². The monoisotopic (exact) mass is 218 g/mol. The Kier molecular flexibility index (Phi) is 2.76. The van der Waals surface area contributed by atoms with E-state index in [1.807, 2.05) is 19.1 Å². The lowest BCUT2D eigenvalue weighted by molar-refractivity contribution is 0.384. The second-order valence-corrected chi connectivity index (χ2v) is 3.53. The molecule has 0 saturated carbocycles. The number of aromatic nitrogens is 3. The van der Waals surface area contributed by atoms with E-state index in [0.717, 1.165) is 5.56 Å². The van der Waals surface area contributed by atoms with Crippen molar-refractivity contribution in [3.63, 3.8) is 0 Å². The third-order valence-corrected chi connectivity index (χ3v) is 2.46. The van der Waals surface area contributed by atoms with Gasteiger partial charge >= 0.3 is 0 Å². The van der Waals surface area contributed by atoms with E-state index in [2.05, 4.69) is 10.1 Å². The summed E-state index contributed by atoms with van der Waals surface area (Å²) < 4.78 is 7.00. The molecule has 2 aromatic heterocycles. The molecule has 2 heterocycles. The Bertz CT molecular complexity index is 480. The van der Waals surface area contributed by atoms with Gasteiger partial charge in [-0.05, 0) is 19.1 Å². The molecule has 0 aromatic carbocycles. The van der Waals surface area contributed by atoms with Crippen LogP contribution in [0.1, 0.15) is 18.5 Å². The summed E-state index contributed by atoms with van der Waals surface area (Å²) in [6.45, 7) is 2.02. The quantitative estimate of drug-likeness (QED) is 0.847. The van der Waals surface area contributed by atoms with Crippen molar-refractivity contribution >= 4 is 5.69 Å². The van der Waals surface area contributed by atoms with E-state index in [4.69, 9.17) is 10.5 Å². The van der Waals surface area contributed by atoms with Crippen LogP contribution >= 0.6 is 0 Å². The predicted molar refractivity (Wildman–Crippen MR) is 61.2 cm³/mol. The van der Waals surface area contributed by atoms with Gasteiger partial charge in [-0.3, -0.25) is 4.68 Å². The molecule has 0 unspecified atom stereocenters. The summed E-state index contributed by atoms with van der Waals surface area (Å²) in [4.78, 5) is 4.16. The molecule has 2 N–H and O–H groups in total. The van der Waals surface area contributed by atoms with Gasteiger partial charge in [-0.2, -0.15) is 5.10 Å². The predicted octanol–water partition coefficient (Wildman–Crippen LogP) is 1.48. The van der Waals surface area contributed by atoms with E-state index in [1.165, 1.54) is 0 Å². The van der Waals surface area contributed by atoms with Crippen LogP contribution in [0, 0.1) is 0 Å². The van der Waals surface area contributed by atoms with Crippen LogP contribution < -0.4 is 10.5 Å². The Morgan fingerprint density at radius 2 is 2.31 bits per heavy atom. The van der Waals surface area contributed by atoms with Crippen molar-refractivity contribution in [2.45, 2.75) is 13.0 Å². The number of methoxy groups -OCH3 is 1. The van der Waals surface area contributed by atoms with Crippen LogP contribution in [-0.4, -0.2) is 21.9 Å². The normalized spacial score (nSPS) is 12.4. The first-order valence-electron chi connectivity index (χ1n) is 5.01. The molecule has 5 heteroatoms. The average molecular weight is 218 g/mol. The van der Waals surface area contributed by atoms with Crippen molar-refractivity contribution in [2.24, 2.45) is 0 Å². The van der Waals surface area contributed by atoms with Gasteiger partial charge in [0.25, 0.3) is 0 Å². The number of ether oxygens (including phenoxy) is 1. The maximum Gasteiger partial charge on any atom is 0.218 e. The smallest absolute Gasteiger partial charge is 0.218 e. The summed E-state index contributed by atoms with van der Waals surface area (Å²) in [6, 6.07) is 3.89. The minimum atomic E-state index is 0.0425. The maximum atomic E-state index is 5.63. The molecule has 0 radical (unpaired) electrons. The maximum absolute atomic E-state index is 5.63. The molecule has 0 spiro atoms.